The van der Waals surface area contributed by atoms with Gasteiger partial charge in [-0.3, -0.25) is 4.79 Å². The number of hydrogen-bond acceptors (Lipinski definition) is 4. The fourth-order valence-corrected chi connectivity index (χ4v) is 4.12. The normalized spacial score (nSPS) is 23.2. The number of carbonyl (C=O) groups is 1. The first-order chi connectivity index (χ1) is 12.5. The number of hydrogen-bond donors (Lipinski definition) is 1. The van der Waals surface area contributed by atoms with Crippen molar-refractivity contribution in [2.75, 3.05) is 44.2 Å². The van der Waals surface area contributed by atoms with Crippen LogP contribution in [0.25, 0.3) is 0 Å². The molecule has 0 unspecified atom stereocenters. The SMILES string of the molecule is CCN1CCN(c2ccc(C(=O)N3CCCC[C@H]3[C@H](C)N)cc2F)CC1. The highest BCUT2D eigenvalue weighted by molar-refractivity contribution is 5.95. The van der Waals surface area contributed by atoms with Crippen LogP contribution in [0.4, 0.5) is 10.1 Å². The van der Waals surface area contributed by atoms with Gasteiger partial charge in [0.25, 0.3) is 5.91 Å². The molecule has 0 aliphatic carbocycles. The van der Waals surface area contributed by atoms with Crippen LogP contribution >= 0.6 is 0 Å². The maximum Gasteiger partial charge on any atom is 0.254 e. The number of carbonyl (C=O) groups excluding carboxylic acids is 1. The van der Waals surface area contributed by atoms with Crippen molar-refractivity contribution in [2.24, 2.45) is 5.73 Å². The number of nitrogens with two attached hydrogens (primary N) is 1. The Morgan fingerprint density at radius 1 is 1.23 bits per heavy atom. The summed E-state index contributed by atoms with van der Waals surface area (Å²) < 4.78 is 14.7. The van der Waals surface area contributed by atoms with Gasteiger partial charge in [-0.05, 0) is 50.9 Å². The molecule has 2 saturated heterocycles. The minimum Gasteiger partial charge on any atom is -0.367 e. The molecule has 2 N–H and O–H groups in total. The van der Waals surface area contributed by atoms with E-state index in [1.165, 1.54) is 6.07 Å². The lowest BCUT2D eigenvalue weighted by Crippen LogP contribution is -2.51. The van der Waals surface area contributed by atoms with Crippen LogP contribution in [0.3, 0.4) is 0 Å². The lowest BCUT2D eigenvalue weighted by Gasteiger charge is -2.38. The number of likely N-dealkylation sites (tertiary alicyclic amines) is 1. The molecule has 0 spiro atoms. The monoisotopic (exact) mass is 362 g/mol. The summed E-state index contributed by atoms with van der Waals surface area (Å²) in [7, 11) is 0. The molecule has 26 heavy (non-hydrogen) atoms. The Kier molecular flexibility index (Phi) is 6.14. The zero-order valence-corrected chi connectivity index (χ0v) is 16.0. The molecule has 0 saturated carbocycles. The van der Waals surface area contributed by atoms with Gasteiger partial charge in [0.05, 0.1) is 5.69 Å². The predicted molar refractivity (Wildman–Crippen MR) is 103 cm³/mol. The highest BCUT2D eigenvalue weighted by Crippen LogP contribution is 2.25. The number of anilines is 1. The zero-order valence-electron chi connectivity index (χ0n) is 16.0. The molecule has 0 radical (unpaired) electrons. The predicted octanol–water partition coefficient (Wildman–Crippen LogP) is 2.31. The number of amides is 1. The maximum atomic E-state index is 14.7. The van der Waals surface area contributed by atoms with Gasteiger partial charge in [0.15, 0.2) is 0 Å². The minimum atomic E-state index is -0.310. The van der Waals surface area contributed by atoms with E-state index in [-0.39, 0.29) is 23.8 Å². The quantitative estimate of drug-likeness (QED) is 0.893. The molecule has 2 aliphatic heterocycles. The molecule has 1 amide bonds. The van der Waals surface area contributed by atoms with Crippen LogP contribution in [-0.2, 0) is 0 Å². The van der Waals surface area contributed by atoms with E-state index in [9.17, 15) is 9.18 Å². The molecule has 2 aliphatic rings. The van der Waals surface area contributed by atoms with Crippen LogP contribution in [0.2, 0.25) is 0 Å². The number of nitrogens with zero attached hydrogens (tertiary/aromatic N) is 3. The molecule has 1 aromatic carbocycles. The number of likely N-dealkylation sites (N-methyl/N-ethyl adjacent to an activating group) is 1. The Morgan fingerprint density at radius 2 is 1.96 bits per heavy atom. The van der Waals surface area contributed by atoms with Crippen molar-refractivity contribution in [2.45, 2.75) is 45.2 Å². The topological polar surface area (TPSA) is 52.8 Å². The molecule has 6 heteroatoms. The second-order valence-corrected chi connectivity index (χ2v) is 7.51. The smallest absolute Gasteiger partial charge is 0.254 e. The molecule has 0 aromatic heterocycles. The summed E-state index contributed by atoms with van der Waals surface area (Å²) >= 11 is 0. The van der Waals surface area contributed by atoms with Crippen LogP contribution < -0.4 is 10.6 Å². The van der Waals surface area contributed by atoms with Crippen LogP contribution in [0.15, 0.2) is 18.2 Å². The van der Waals surface area contributed by atoms with Gasteiger partial charge in [-0.1, -0.05) is 6.92 Å². The molecule has 5 nitrogen and oxygen atoms in total. The van der Waals surface area contributed by atoms with E-state index in [1.54, 1.807) is 12.1 Å². The van der Waals surface area contributed by atoms with E-state index in [2.05, 4.69) is 16.7 Å². The Balaban J connectivity index is 1.73. The summed E-state index contributed by atoms with van der Waals surface area (Å²) in [5.41, 5.74) is 7.09. The average Bonchev–Trinajstić information content (AvgIpc) is 2.67. The first-order valence-electron chi connectivity index (χ1n) is 9.84. The van der Waals surface area contributed by atoms with E-state index in [1.807, 2.05) is 11.8 Å². The second kappa shape index (κ2) is 8.35. The first kappa shape index (κ1) is 19.1. The fourth-order valence-electron chi connectivity index (χ4n) is 4.12. The highest BCUT2D eigenvalue weighted by Gasteiger charge is 2.30. The molecule has 144 valence electrons. The van der Waals surface area contributed by atoms with Crippen LogP contribution in [0, 0.1) is 5.82 Å². The van der Waals surface area contributed by atoms with Gasteiger partial charge >= 0.3 is 0 Å². The molecule has 2 atom stereocenters. The lowest BCUT2D eigenvalue weighted by molar-refractivity contribution is 0.0583. The van der Waals surface area contributed by atoms with E-state index in [4.69, 9.17) is 5.73 Å². The number of piperidine rings is 1. The summed E-state index contributed by atoms with van der Waals surface area (Å²) in [5, 5.41) is 0. The van der Waals surface area contributed by atoms with E-state index < -0.39 is 0 Å². The third kappa shape index (κ3) is 4.01. The van der Waals surface area contributed by atoms with Crippen molar-refractivity contribution in [3.8, 4) is 0 Å². The summed E-state index contributed by atoms with van der Waals surface area (Å²) in [4.78, 5) is 19.2. The summed E-state index contributed by atoms with van der Waals surface area (Å²) in [6.45, 7) is 9.34. The molecule has 1 aromatic rings. The Bertz CT molecular complexity index is 628. The number of rotatable bonds is 4. The van der Waals surface area contributed by atoms with Crippen molar-refractivity contribution >= 4 is 11.6 Å². The zero-order chi connectivity index (χ0) is 18.7. The van der Waals surface area contributed by atoms with Crippen molar-refractivity contribution in [1.29, 1.82) is 0 Å². The number of benzene rings is 1. The molecule has 2 heterocycles. The Morgan fingerprint density at radius 3 is 2.58 bits per heavy atom. The summed E-state index contributed by atoms with van der Waals surface area (Å²) in [6.07, 6.45) is 3.00. The van der Waals surface area contributed by atoms with Crippen molar-refractivity contribution in [1.82, 2.24) is 9.80 Å². The second-order valence-electron chi connectivity index (χ2n) is 7.51. The standard InChI is InChI=1S/C20H31FN4O/c1-3-23-10-12-24(13-11-23)19-8-7-16(14-17(19)21)20(26)25-9-5-4-6-18(25)15(2)22/h7-8,14-15,18H,3-6,9-13,22H2,1-2H3/t15-,18-/m0/s1. The minimum absolute atomic E-state index is 0.0427. The molecule has 3 rings (SSSR count). The average molecular weight is 362 g/mol. The molecule has 0 bridgehead atoms. The third-order valence-electron chi connectivity index (χ3n) is 5.77. The van der Waals surface area contributed by atoms with Gasteiger partial charge in [0.1, 0.15) is 5.82 Å². The number of piperazine rings is 1. The van der Waals surface area contributed by atoms with Crippen LogP contribution in [-0.4, -0.2) is 67.1 Å². The Labute approximate surface area is 155 Å². The molecule has 2 fully saturated rings. The van der Waals surface area contributed by atoms with Crippen molar-refractivity contribution in [3.05, 3.63) is 29.6 Å². The van der Waals surface area contributed by atoms with Gasteiger partial charge in [0, 0.05) is 50.4 Å². The van der Waals surface area contributed by atoms with Crippen LogP contribution in [0.5, 0.6) is 0 Å². The lowest BCUT2D eigenvalue weighted by atomic mass is 9.96. The fraction of sp³-hybridized carbons (Fsp3) is 0.650. The largest absolute Gasteiger partial charge is 0.367 e. The van der Waals surface area contributed by atoms with Crippen molar-refractivity contribution in [3.63, 3.8) is 0 Å². The van der Waals surface area contributed by atoms with Gasteiger partial charge < -0.3 is 20.4 Å². The number of halogens is 1. The van der Waals surface area contributed by atoms with Gasteiger partial charge in [-0.2, -0.15) is 0 Å². The van der Waals surface area contributed by atoms with Gasteiger partial charge in [-0.15, -0.1) is 0 Å². The van der Waals surface area contributed by atoms with Crippen molar-refractivity contribution < 1.29 is 9.18 Å². The Hall–Kier alpha value is -1.66. The summed E-state index contributed by atoms with van der Waals surface area (Å²) in [6, 6.07) is 4.89. The van der Waals surface area contributed by atoms with E-state index >= 15 is 0 Å². The van der Waals surface area contributed by atoms with Crippen LogP contribution in [0.1, 0.15) is 43.5 Å². The molecular weight excluding hydrogens is 331 g/mol. The summed E-state index contributed by atoms with van der Waals surface area (Å²) in [5.74, 6) is -0.414. The molecular formula is C20H31FN4O. The van der Waals surface area contributed by atoms with Gasteiger partial charge in [-0.25, -0.2) is 4.39 Å². The highest BCUT2D eigenvalue weighted by atomic mass is 19.1. The first-order valence-corrected chi connectivity index (χ1v) is 9.84. The maximum absolute atomic E-state index is 14.7. The third-order valence-corrected chi connectivity index (χ3v) is 5.77. The van der Waals surface area contributed by atoms with E-state index in [0.717, 1.165) is 52.0 Å². The van der Waals surface area contributed by atoms with Gasteiger partial charge in [0.2, 0.25) is 0 Å². The van der Waals surface area contributed by atoms with E-state index in [0.29, 0.717) is 17.8 Å².